The van der Waals surface area contributed by atoms with Crippen LogP contribution in [0.2, 0.25) is 0 Å². The van der Waals surface area contributed by atoms with Crippen LogP contribution in [-0.2, 0) is 14.4 Å². The van der Waals surface area contributed by atoms with Gasteiger partial charge in [-0.1, -0.05) is 52.3 Å². The first-order chi connectivity index (χ1) is 16.0. The normalized spacial score (nSPS) is 22.4. The highest BCUT2D eigenvalue weighted by Gasteiger charge is 2.60. The van der Waals surface area contributed by atoms with Crippen LogP contribution in [0.5, 0.6) is 0 Å². The molecule has 3 atom stereocenters. The zero-order valence-corrected chi connectivity index (χ0v) is 19.3. The molecule has 3 unspecified atom stereocenters. The first kappa shape index (κ1) is 20.2. The summed E-state index contributed by atoms with van der Waals surface area (Å²) in [5.41, 5.74) is 4.27. The van der Waals surface area contributed by atoms with Gasteiger partial charge in [0.2, 0.25) is 5.91 Å². The van der Waals surface area contributed by atoms with E-state index in [-0.39, 0.29) is 11.8 Å². The van der Waals surface area contributed by atoms with Crippen LogP contribution in [0.15, 0.2) is 83.3 Å². The van der Waals surface area contributed by atoms with Crippen LogP contribution in [0, 0.1) is 12.8 Å². The lowest BCUT2D eigenvalue weighted by atomic mass is 9.89. The summed E-state index contributed by atoms with van der Waals surface area (Å²) in [4.78, 5) is 38.2. The van der Waals surface area contributed by atoms with E-state index in [4.69, 9.17) is 4.84 Å². The largest absolute Gasteiger partial charge is 0.358 e. The van der Waals surface area contributed by atoms with E-state index in [1.54, 1.807) is 17.2 Å². The van der Waals surface area contributed by atoms with E-state index in [1.165, 1.54) is 4.90 Å². The van der Waals surface area contributed by atoms with E-state index in [0.29, 0.717) is 5.69 Å². The predicted molar refractivity (Wildman–Crippen MR) is 130 cm³/mol. The van der Waals surface area contributed by atoms with Gasteiger partial charge in [-0.15, -0.1) is 0 Å². The molecular formula is C26H20BrN3O3. The molecule has 2 amide bonds. The van der Waals surface area contributed by atoms with Crippen LogP contribution in [0.1, 0.15) is 17.3 Å². The maximum absolute atomic E-state index is 13.8. The van der Waals surface area contributed by atoms with Crippen molar-refractivity contribution in [3.05, 3.63) is 94.6 Å². The second kappa shape index (κ2) is 7.57. The van der Waals surface area contributed by atoms with Crippen molar-refractivity contribution in [1.29, 1.82) is 0 Å². The van der Waals surface area contributed by atoms with Crippen molar-refractivity contribution in [2.24, 2.45) is 5.92 Å². The number of aromatic nitrogens is 1. The fraction of sp³-hybridized carbons (Fsp3) is 0.154. The number of amides is 2. The minimum Gasteiger partial charge on any atom is -0.358 e. The zero-order chi connectivity index (χ0) is 22.7. The molecule has 0 radical (unpaired) electrons. The third-order valence-corrected chi connectivity index (χ3v) is 6.98. The van der Waals surface area contributed by atoms with Gasteiger partial charge in [0.1, 0.15) is 5.92 Å². The van der Waals surface area contributed by atoms with Crippen LogP contribution >= 0.6 is 15.9 Å². The van der Waals surface area contributed by atoms with Crippen LogP contribution in [0.4, 0.5) is 11.4 Å². The highest BCUT2D eigenvalue weighted by molar-refractivity contribution is 9.10. The van der Waals surface area contributed by atoms with Gasteiger partial charge in [-0.2, -0.15) is 0 Å². The Hall–Kier alpha value is -3.42. The third kappa shape index (κ3) is 3.03. The number of para-hydroxylation sites is 2. The van der Waals surface area contributed by atoms with Crippen molar-refractivity contribution < 1.29 is 14.4 Å². The number of H-pyrrole nitrogens is 1. The summed E-state index contributed by atoms with van der Waals surface area (Å²) < 4.78 is 0.879. The van der Waals surface area contributed by atoms with Gasteiger partial charge in [0.05, 0.1) is 17.4 Å². The molecule has 3 aromatic carbocycles. The minimum atomic E-state index is -0.889. The number of anilines is 2. The molecule has 6 rings (SSSR count). The first-order valence-corrected chi connectivity index (χ1v) is 11.6. The monoisotopic (exact) mass is 501 g/mol. The molecule has 0 aliphatic carbocycles. The number of nitrogens with zero attached hydrogens (tertiary/aromatic N) is 2. The first-order valence-electron chi connectivity index (χ1n) is 10.8. The van der Waals surface area contributed by atoms with Gasteiger partial charge in [0.15, 0.2) is 6.10 Å². The smallest absolute Gasteiger partial charge is 0.266 e. The average Bonchev–Trinajstić information content (AvgIpc) is 3.44. The lowest BCUT2D eigenvalue weighted by Crippen LogP contribution is -2.37. The fourth-order valence-electron chi connectivity index (χ4n) is 5.03. The van der Waals surface area contributed by atoms with Gasteiger partial charge >= 0.3 is 0 Å². The molecule has 6 nitrogen and oxygen atoms in total. The molecule has 0 saturated carbocycles. The van der Waals surface area contributed by atoms with Crippen molar-refractivity contribution in [1.82, 2.24) is 4.98 Å². The number of benzene rings is 3. The van der Waals surface area contributed by atoms with Crippen molar-refractivity contribution >= 4 is 50.0 Å². The number of aryl methyl sites for hydroxylation is 1. The number of nitrogens with one attached hydrogen (secondary N) is 1. The summed E-state index contributed by atoms with van der Waals surface area (Å²) >= 11 is 3.41. The molecular weight excluding hydrogens is 482 g/mol. The fourth-order valence-corrected chi connectivity index (χ4v) is 5.29. The number of carbonyl (C=O) groups excluding carboxylic acids is 2. The Kier molecular flexibility index (Phi) is 4.64. The van der Waals surface area contributed by atoms with Gasteiger partial charge in [-0.3, -0.25) is 14.4 Å². The second-order valence-electron chi connectivity index (χ2n) is 8.36. The Morgan fingerprint density at radius 3 is 2.30 bits per heavy atom. The lowest BCUT2D eigenvalue weighted by molar-refractivity contribution is -0.126. The SMILES string of the molecule is Cc1[nH]c2ccccc2c1C1C2C(=O)N(c3ccc(Br)cc3)C(=O)C2ON1c1ccccc1. The zero-order valence-electron chi connectivity index (χ0n) is 17.7. The number of fused-ring (bicyclic) bond motifs is 2. The maximum atomic E-state index is 13.8. The van der Waals surface area contributed by atoms with E-state index >= 15 is 0 Å². The van der Waals surface area contributed by atoms with E-state index in [2.05, 4.69) is 20.9 Å². The summed E-state index contributed by atoms with van der Waals surface area (Å²) in [6, 6.07) is 24.4. The van der Waals surface area contributed by atoms with Gasteiger partial charge in [0, 0.05) is 26.6 Å². The Labute approximate surface area is 198 Å². The summed E-state index contributed by atoms with van der Waals surface area (Å²) in [7, 11) is 0. The number of aromatic amines is 1. The minimum absolute atomic E-state index is 0.250. The highest BCUT2D eigenvalue weighted by Crippen LogP contribution is 2.49. The Morgan fingerprint density at radius 1 is 0.848 bits per heavy atom. The lowest BCUT2D eigenvalue weighted by Gasteiger charge is -2.29. The molecule has 2 fully saturated rings. The Balaban J connectivity index is 1.51. The van der Waals surface area contributed by atoms with Crippen LogP contribution < -0.4 is 9.96 Å². The average molecular weight is 502 g/mol. The van der Waals surface area contributed by atoms with E-state index in [1.807, 2.05) is 73.7 Å². The topological polar surface area (TPSA) is 65.6 Å². The van der Waals surface area contributed by atoms with Gasteiger partial charge < -0.3 is 4.98 Å². The molecule has 33 heavy (non-hydrogen) atoms. The van der Waals surface area contributed by atoms with Crippen molar-refractivity contribution in [3.63, 3.8) is 0 Å². The van der Waals surface area contributed by atoms with E-state index in [0.717, 1.165) is 32.3 Å². The molecule has 0 bridgehead atoms. The number of hydrogen-bond acceptors (Lipinski definition) is 4. The third-order valence-electron chi connectivity index (χ3n) is 6.45. The number of carbonyl (C=O) groups is 2. The van der Waals surface area contributed by atoms with Gasteiger partial charge in [-0.25, -0.2) is 9.96 Å². The number of imide groups is 1. The number of hydrogen-bond donors (Lipinski definition) is 1. The summed E-state index contributed by atoms with van der Waals surface area (Å²) in [5, 5.41) is 2.76. The predicted octanol–water partition coefficient (Wildman–Crippen LogP) is 5.29. The summed E-state index contributed by atoms with van der Waals surface area (Å²) in [6.45, 7) is 2.00. The molecule has 3 heterocycles. The Morgan fingerprint density at radius 2 is 1.55 bits per heavy atom. The maximum Gasteiger partial charge on any atom is 0.266 e. The van der Waals surface area contributed by atoms with Crippen molar-refractivity contribution in [2.75, 3.05) is 9.96 Å². The highest BCUT2D eigenvalue weighted by atomic mass is 79.9. The van der Waals surface area contributed by atoms with E-state index in [9.17, 15) is 9.59 Å². The Bertz CT molecular complexity index is 1380. The van der Waals surface area contributed by atoms with Crippen LogP contribution in [0.3, 0.4) is 0 Å². The number of hydroxylamine groups is 1. The van der Waals surface area contributed by atoms with Crippen LogP contribution in [-0.4, -0.2) is 22.9 Å². The quantitative estimate of drug-likeness (QED) is 0.387. The van der Waals surface area contributed by atoms with E-state index < -0.39 is 18.1 Å². The number of rotatable bonds is 3. The van der Waals surface area contributed by atoms with Gasteiger partial charge in [0.25, 0.3) is 5.91 Å². The van der Waals surface area contributed by atoms with Crippen molar-refractivity contribution in [3.8, 4) is 0 Å². The summed E-state index contributed by atoms with van der Waals surface area (Å²) in [5.74, 6) is -1.26. The second-order valence-corrected chi connectivity index (χ2v) is 9.27. The molecule has 4 aromatic rings. The molecule has 2 saturated heterocycles. The molecule has 7 heteroatoms. The number of halogens is 1. The van der Waals surface area contributed by atoms with Crippen LogP contribution in [0.25, 0.3) is 10.9 Å². The van der Waals surface area contributed by atoms with Gasteiger partial charge in [-0.05, 0) is 49.4 Å². The molecule has 164 valence electrons. The van der Waals surface area contributed by atoms with Crippen molar-refractivity contribution in [2.45, 2.75) is 19.1 Å². The standard InChI is InChI=1S/C26H20BrN3O3/c1-15-21(19-9-5-6-10-20(19)28-15)23-22-24(33-30(23)18-7-3-2-4-8-18)26(32)29(25(22)31)17-13-11-16(27)12-14-17/h2-14,22-24,28H,1H3. The molecule has 0 spiro atoms. The molecule has 1 aromatic heterocycles. The summed E-state index contributed by atoms with van der Waals surface area (Å²) in [6.07, 6.45) is -0.889. The molecule has 2 aliphatic rings. The molecule has 1 N–H and O–H groups in total. The molecule has 2 aliphatic heterocycles.